The van der Waals surface area contributed by atoms with E-state index in [1.807, 2.05) is 11.6 Å². The number of carbonyl (C=O) groups is 2. The van der Waals surface area contributed by atoms with Gasteiger partial charge in [0, 0.05) is 4.88 Å². The highest BCUT2D eigenvalue weighted by molar-refractivity contribution is 7.90. The highest BCUT2D eigenvalue weighted by atomic mass is 32.2. The minimum atomic E-state index is -4.01. The predicted molar refractivity (Wildman–Crippen MR) is 100.0 cm³/mol. The lowest BCUT2D eigenvalue weighted by atomic mass is 9.95. The molecule has 4 N–H and O–H groups in total. The molecule has 0 saturated heterocycles. The van der Waals surface area contributed by atoms with Gasteiger partial charge in [-0.15, -0.1) is 11.3 Å². The molecule has 7 nitrogen and oxygen atoms in total. The molecule has 1 heterocycles. The molecule has 2 aromatic rings. The summed E-state index contributed by atoms with van der Waals surface area (Å²) in [4.78, 5) is 25.0. The standard InChI is InChI=1S/C17H19N3O4S2/c1-10-6-8-11(9-7-10)26(23,24)20-17(22)19-16-14(15(18)21)12-4-2-3-5-13(12)25-16/h6-9H,2-5H2,1H3,(H2,18,21)(H2,19,20,22). The van der Waals surface area contributed by atoms with Crippen LogP contribution in [0.1, 0.15) is 39.2 Å². The van der Waals surface area contributed by atoms with Gasteiger partial charge in [-0.1, -0.05) is 17.7 Å². The number of hydrogen-bond donors (Lipinski definition) is 3. The first-order chi connectivity index (χ1) is 12.3. The van der Waals surface area contributed by atoms with Crippen LogP contribution in [0.2, 0.25) is 0 Å². The van der Waals surface area contributed by atoms with Crippen molar-refractivity contribution < 1.29 is 18.0 Å². The number of fused-ring (bicyclic) bond motifs is 1. The van der Waals surface area contributed by atoms with Crippen LogP contribution in [-0.2, 0) is 22.9 Å². The second kappa shape index (κ2) is 7.08. The molecule has 3 amide bonds. The quantitative estimate of drug-likeness (QED) is 0.739. The number of sulfonamides is 1. The zero-order chi connectivity index (χ0) is 18.9. The maximum Gasteiger partial charge on any atom is 0.333 e. The average Bonchev–Trinajstić information content (AvgIpc) is 2.92. The topological polar surface area (TPSA) is 118 Å². The van der Waals surface area contributed by atoms with Crippen molar-refractivity contribution in [2.75, 3.05) is 5.32 Å². The lowest BCUT2D eigenvalue weighted by Gasteiger charge is -2.11. The predicted octanol–water partition coefficient (Wildman–Crippen LogP) is 2.54. The molecule has 0 atom stereocenters. The number of benzene rings is 1. The van der Waals surface area contributed by atoms with Crippen molar-refractivity contribution in [2.45, 2.75) is 37.5 Å². The van der Waals surface area contributed by atoms with Crippen molar-refractivity contribution in [1.29, 1.82) is 0 Å². The Morgan fingerprint density at radius 3 is 2.42 bits per heavy atom. The van der Waals surface area contributed by atoms with Gasteiger partial charge in [-0.3, -0.25) is 10.1 Å². The summed E-state index contributed by atoms with van der Waals surface area (Å²) in [6, 6.07) is 5.20. The van der Waals surface area contributed by atoms with Gasteiger partial charge in [-0.25, -0.2) is 17.9 Å². The van der Waals surface area contributed by atoms with E-state index in [0.29, 0.717) is 5.00 Å². The highest BCUT2D eigenvalue weighted by Crippen LogP contribution is 2.37. The normalized spacial score (nSPS) is 13.7. The maximum absolute atomic E-state index is 12.3. The van der Waals surface area contributed by atoms with Gasteiger partial charge in [0.2, 0.25) is 0 Å². The molecule has 0 bridgehead atoms. The molecule has 3 rings (SSSR count). The molecule has 9 heteroatoms. The van der Waals surface area contributed by atoms with E-state index < -0.39 is 22.0 Å². The number of amides is 3. The molecule has 0 radical (unpaired) electrons. The van der Waals surface area contributed by atoms with Gasteiger partial charge in [-0.2, -0.15) is 0 Å². The molecule has 1 aromatic carbocycles. The van der Waals surface area contributed by atoms with Crippen molar-refractivity contribution in [3.8, 4) is 0 Å². The Balaban J connectivity index is 1.81. The molecule has 26 heavy (non-hydrogen) atoms. The third-order valence-corrected chi connectivity index (χ3v) is 6.76. The number of nitrogens with one attached hydrogen (secondary N) is 2. The number of rotatable bonds is 4. The van der Waals surface area contributed by atoms with Crippen LogP contribution in [0.4, 0.5) is 9.80 Å². The summed E-state index contributed by atoms with van der Waals surface area (Å²) in [6.45, 7) is 1.83. The Kier molecular flexibility index (Phi) is 5.01. The summed E-state index contributed by atoms with van der Waals surface area (Å²) < 4.78 is 26.6. The van der Waals surface area contributed by atoms with Crippen LogP contribution in [0.25, 0.3) is 0 Å². The fraction of sp³-hybridized carbons (Fsp3) is 0.294. The van der Waals surface area contributed by atoms with Crippen LogP contribution in [0, 0.1) is 6.92 Å². The van der Waals surface area contributed by atoms with Crippen LogP contribution < -0.4 is 15.8 Å². The molecule has 0 aliphatic heterocycles. The Bertz CT molecular complexity index is 963. The summed E-state index contributed by atoms with van der Waals surface area (Å²) in [7, 11) is -4.01. The average molecular weight is 393 g/mol. The fourth-order valence-corrected chi connectivity index (χ4v) is 5.14. The van der Waals surface area contributed by atoms with Crippen molar-refractivity contribution in [1.82, 2.24) is 4.72 Å². The smallest absolute Gasteiger partial charge is 0.333 e. The van der Waals surface area contributed by atoms with E-state index in [-0.39, 0.29) is 10.5 Å². The number of anilines is 1. The van der Waals surface area contributed by atoms with Crippen LogP contribution in [0.3, 0.4) is 0 Å². The van der Waals surface area contributed by atoms with Crippen LogP contribution in [0.15, 0.2) is 29.2 Å². The maximum atomic E-state index is 12.3. The second-order valence-electron chi connectivity index (χ2n) is 6.15. The Morgan fingerprint density at radius 2 is 1.77 bits per heavy atom. The number of nitrogens with two attached hydrogens (primary N) is 1. The third kappa shape index (κ3) is 3.73. The first-order valence-electron chi connectivity index (χ1n) is 8.13. The number of aryl methyl sites for hydroxylation is 2. The summed E-state index contributed by atoms with van der Waals surface area (Å²) in [6.07, 6.45) is 3.52. The molecular formula is C17H19N3O4S2. The molecule has 0 unspecified atom stereocenters. The minimum absolute atomic E-state index is 0.0150. The van der Waals surface area contributed by atoms with Gasteiger partial charge in [-0.05, 0) is 50.3 Å². The number of urea groups is 1. The van der Waals surface area contributed by atoms with Crippen LogP contribution in [-0.4, -0.2) is 20.4 Å². The van der Waals surface area contributed by atoms with Gasteiger partial charge < -0.3 is 5.73 Å². The van der Waals surface area contributed by atoms with Crippen LogP contribution >= 0.6 is 11.3 Å². The SMILES string of the molecule is Cc1ccc(S(=O)(=O)NC(=O)Nc2sc3c(c2C(N)=O)CCCC3)cc1. The molecule has 1 aliphatic carbocycles. The molecule has 1 aliphatic rings. The molecular weight excluding hydrogens is 374 g/mol. The molecule has 138 valence electrons. The summed E-state index contributed by atoms with van der Waals surface area (Å²) in [5.74, 6) is -0.624. The first kappa shape index (κ1) is 18.4. The fourth-order valence-electron chi connectivity index (χ4n) is 2.94. The van der Waals surface area contributed by atoms with E-state index >= 15 is 0 Å². The number of thiophene rings is 1. The first-order valence-corrected chi connectivity index (χ1v) is 10.4. The van der Waals surface area contributed by atoms with E-state index in [1.54, 1.807) is 12.1 Å². The van der Waals surface area contributed by atoms with E-state index in [0.717, 1.165) is 41.7 Å². The van der Waals surface area contributed by atoms with Crippen molar-refractivity contribution in [3.63, 3.8) is 0 Å². The molecule has 0 saturated carbocycles. The second-order valence-corrected chi connectivity index (χ2v) is 8.94. The van der Waals surface area contributed by atoms with E-state index in [9.17, 15) is 18.0 Å². The third-order valence-electron chi connectivity index (χ3n) is 4.20. The monoisotopic (exact) mass is 393 g/mol. The van der Waals surface area contributed by atoms with Crippen LogP contribution in [0.5, 0.6) is 0 Å². The molecule has 1 aromatic heterocycles. The lowest BCUT2D eigenvalue weighted by molar-refractivity contribution is 0.100. The molecule has 0 fully saturated rings. The molecule has 0 spiro atoms. The van der Waals surface area contributed by atoms with E-state index in [4.69, 9.17) is 5.73 Å². The van der Waals surface area contributed by atoms with Gasteiger partial charge in [0.25, 0.3) is 15.9 Å². The van der Waals surface area contributed by atoms with Gasteiger partial charge >= 0.3 is 6.03 Å². The van der Waals surface area contributed by atoms with Gasteiger partial charge in [0.05, 0.1) is 10.5 Å². The summed E-state index contributed by atoms with van der Waals surface area (Å²) in [5, 5.41) is 2.77. The summed E-state index contributed by atoms with van der Waals surface area (Å²) in [5.41, 5.74) is 7.53. The van der Waals surface area contributed by atoms with Crippen molar-refractivity contribution in [3.05, 3.63) is 45.8 Å². The van der Waals surface area contributed by atoms with E-state index in [1.165, 1.54) is 23.5 Å². The number of carbonyl (C=O) groups excluding carboxylic acids is 2. The number of hydrogen-bond acceptors (Lipinski definition) is 5. The van der Waals surface area contributed by atoms with Crippen molar-refractivity contribution >= 4 is 38.3 Å². The summed E-state index contributed by atoms with van der Waals surface area (Å²) >= 11 is 1.27. The number of primary amides is 1. The Morgan fingerprint density at radius 1 is 1.12 bits per heavy atom. The Hall–Kier alpha value is -2.39. The highest BCUT2D eigenvalue weighted by Gasteiger charge is 2.26. The Labute approximate surface area is 155 Å². The lowest BCUT2D eigenvalue weighted by Crippen LogP contribution is -2.34. The zero-order valence-electron chi connectivity index (χ0n) is 14.2. The van der Waals surface area contributed by atoms with Gasteiger partial charge in [0.1, 0.15) is 5.00 Å². The largest absolute Gasteiger partial charge is 0.365 e. The zero-order valence-corrected chi connectivity index (χ0v) is 15.8. The van der Waals surface area contributed by atoms with E-state index in [2.05, 4.69) is 5.32 Å². The van der Waals surface area contributed by atoms with Crippen molar-refractivity contribution in [2.24, 2.45) is 5.73 Å². The van der Waals surface area contributed by atoms with Gasteiger partial charge in [0.15, 0.2) is 0 Å². The minimum Gasteiger partial charge on any atom is -0.365 e.